The van der Waals surface area contributed by atoms with E-state index in [1.807, 2.05) is 13.0 Å². The summed E-state index contributed by atoms with van der Waals surface area (Å²) in [4.78, 5) is 11.3. The summed E-state index contributed by atoms with van der Waals surface area (Å²) < 4.78 is 4.94. The molecule has 1 rings (SSSR count). The lowest BCUT2D eigenvalue weighted by Crippen LogP contribution is -2.20. The lowest BCUT2D eigenvalue weighted by Gasteiger charge is -2.34. The fourth-order valence-corrected chi connectivity index (χ4v) is 3.13. The molecule has 0 N–H and O–H groups in total. The van der Waals surface area contributed by atoms with Crippen molar-refractivity contribution in [3.63, 3.8) is 0 Å². The third-order valence-electron chi connectivity index (χ3n) is 4.38. The fraction of sp³-hybridized carbons (Fsp3) is 0.722. The number of hydrogen-bond donors (Lipinski definition) is 0. The van der Waals surface area contributed by atoms with Crippen molar-refractivity contribution in [2.24, 2.45) is 5.41 Å². The van der Waals surface area contributed by atoms with Gasteiger partial charge in [-0.1, -0.05) is 36.6 Å². The average Bonchev–Trinajstić information content (AvgIpc) is 2.35. The molecule has 0 spiro atoms. The molecule has 114 valence electrons. The van der Waals surface area contributed by atoms with Crippen LogP contribution in [0.25, 0.3) is 0 Å². The summed E-state index contributed by atoms with van der Waals surface area (Å²) in [5.74, 6) is -0.125. The Morgan fingerprint density at radius 2 is 2.10 bits per heavy atom. The number of hydrogen-bond acceptors (Lipinski definition) is 2. The molecule has 2 heteroatoms. The Bertz CT molecular complexity index is 400. The van der Waals surface area contributed by atoms with E-state index in [-0.39, 0.29) is 5.97 Å². The number of allylic oxidation sites excluding steroid dienone is 3. The van der Waals surface area contributed by atoms with Crippen LogP contribution in [0, 0.1) is 5.41 Å². The van der Waals surface area contributed by atoms with E-state index in [9.17, 15) is 4.79 Å². The van der Waals surface area contributed by atoms with Crippen molar-refractivity contribution < 1.29 is 9.53 Å². The molecular formula is C18H30O2. The van der Waals surface area contributed by atoms with Crippen LogP contribution < -0.4 is 0 Å². The highest BCUT2D eigenvalue weighted by molar-refractivity contribution is 5.71. The summed E-state index contributed by atoms with van der Waals surface area (Å²) >= 11 is 0. The largest absolute Gasteiger partial charge is 0.466 e. The minimum Gasteiger partial charge on any atom is -0.466 e. The van der Waals surface area contributed by atoms with Gasteiger partial charge in [0, 0.05) is 0 Å². The van der Waals surface area contributed by atoms with E-state index >= 15 is 0 Å². The molecule has 0 bridgehead atoms. The molecule has 2 nitrogen and oxygen atoms in total. The van der Waals surface area contributed by atoms with Crippen molar-refractivity contribution in [1.82, 2.24) is 0 Å². The van der Waals surface area contributed by atoms with Gasteiger partial charge in [0.25, 0.3) is 0 Å². The van der Waals surface area contributed by atoms with Gasteiger partial charge in [-0.25, -0.2) is 0 Å². The van der Waals surface area contributed by atoms with E-state index in [0.29, 0.717) is 18.4 Å². The molecule has 0 amide bonds. The second kappa shape index (κ2) is 7.66. The zero-order valence-electron chi connectivity index (χ0n) is 13.8. The van der Waals surface area contributed by atoms with Gasteiger partial charge in [0.15, 0.2) is 0 Å². The standard InChI is InChI=1S/C18H30O2/c1-6-20-17(19)12-10-14(2)9-11-16-15(3)8-7-13-18(16,4)5/h10H,6-9,11-13H2,1-5H3. The van der Waals surface area contributed by atoms with Gasteiger partial charge in [-0.2, -0.15) is 0 Å². The average molecular weight is 278 g/mol. The van der Waals surface area contributed by atoms with Gasteiger partial charge in [0.2, 0.25) is 0 Å². The predicted octanol–water partition coefficient (Wildman–Crippen LogP) is 5.19. The fourth-order valence-electron chi connectivity index (χ4n) is 3.13. The van der Waals surface area contributed by atoms with E-state index in [1.165, 1.54) is 24.8 Å². The van der Waals surface area contributed by atoms with Crippen LogP contribution in [0.1, 0.15) is 73.1 Å². The van der Waals surface area contributed by atoms with E-state index in [2.05, 4.69) is 27.7 Å². The highest BCUT2D eigenvalue weighted by Crippen LogP contribution is 2.42. The second-order valence-electron chi connectivity index (χ2n) is 6.56. The molecule has 1 aliphatic rings. The molecule has 0 aromatic carbocycles. The van der Waals surface area contributed by atoms with Gasteiger partial charge in [0.05, 0.1) is 13.0 Å². The van der Waals surface area contributed by atoms with Crippen LogP contribution in [0.15, 0.2) is 22.8 Å². The Morgan fingerprint density at radius 1 is 1.40 bits per heavy atom. The van der Waals surface area contributed by atoms with Crippen LogP contribution >= 0.6 is 0 Å². The Balaban J connectivity index is 2.53. The van der Waals surface area contributed by atoms with Gasteiger partial charge in [-0.05, 0) is 58.3 Å². The lowest BCUT2D eigenvalue weighted by atomic mass is 9.71. The Labute approximate surface area is 124 Å². The van der Waals surface area contributed by atoms with Crippen LogP contribution in [0.3, 0.4) is 0 Å². The molecule has 0 unspecified atom stereocenters. The summed E-state index contributed by atoms with van der Waals surface area (Å²) in [5, 5.41) is 0. The molecule has 0 atom stereocenters. The number of esters is 1. The zero-order valence-corrected chi connectivity index (χ0v) is 13.8. The van der Waals surface area contributed by atoms with Crippen molar-refractivity contribution in [2.75, 3.05) is 6.61 Å². The topological polar surface area (TPSA) is 26.3 Å². The van der Waals surface area contributed by atoms with Crippen LogP contribution in [0.5, 0.6) is 0 Å². The van der Waals surface area contributed by atoms with E-state index in [4.69, 9.17) is 4.74 Å². The second-order valence-corrected chi connectivity index (χ2v) is 6.56. The Kier molecular flexibility index (Phi) is 6.51. The molecule has 1 aliphatic carbocycles. The van der Waals surface area contributed by atoms with Crippen molar-refractivity contribution in [2.45, 2.75) is 73.1 Å². The smallest absolute Gasteiger partial charge is 0.309 e. The minimum absolute atomic E-state index is 0.125. The number of carbonyl (C=O) groups is 1. The number of ether oxygens (including phenoxy) is 1. The van der Waals surface area contributed by atoms with E-state index < -0.39 is 0 Å². The van der Waals surface area contributed by atoms with Gasteiger partial charge in [-0.3, -0.25) is 4.79 Å². The van der Waals surface area contributed by atoms with Crippen LogP contribution in [0.4, 0.5) is 0 Å². The van der Waals surface area contributed by atoms with Gasteiger partial charge < -0.3 is 4.74 Å². The summed E-state index contributed by atoms with van der Waals surface area (Å²) in [6.45, 7) is 11.4. The first kappa shape index (κ1) is 17.0. The molecule has 20 heavy (non-hydrogen) atoms. The predicted molar refractivity (Wildman–Crippen MR) is 84.6 cm³/mol. The van der Waals surface area contributed by atoms with Gasteiger partial charge in [0.1, 0.15) is 0 Å². The molecule has 0 heterocycles. The summed E-state index contributed by atoms with van der Waals surface area (Å²) in [7, 11) is 0. The normalized spacial score (nSPS) is 19.1. The highest BCUT2D eigenvalue weighted by atomic mass is 16.5. The SMILES string of the molecule is CCOC(=O)CC=C(C)CCC1=C(C)CCCC1(C)C. The Morgan fingerprint density at radius 3 is 2.70 bits per heavy atom. The van der Waals surface area contributed by atoms with Crippen LogP contribution in [-0.4, -0.2) is 12.6 Å². The first-order chi connectivity index (χ1) is 9.36. The molecule has 0 aromatic heterocycles. The van der Waals surface area contributed by atoms with Crippen molar-refractivity contribution >= 4 is 5.97 Å². The first-order valence-electron chi connectivity index (χ1n) is 7.87. The first-order valence-corrected chi connectivity index (χ1v) is 7.87. The zero-order chi connectivity index (χ0) is 15.2. The monoisotopic (exact) mass is 278 g/mol. The van der Waals surface area contributed by atoms with Crippen LogP contribution in [-0.2, 0) is 9.53 Å². The molecule has 0 radical (unpaired) electrons. The summed E-state index contributed by atoms with van der Waals surface area (Å²) in [5.41, 5.74) is 4.86. The van der Waals surface area contributed by atoms with E-state index in [1.54, 1.807) is 11.1 Å². The summed E-state index contributed by atoms with van der Waals surface area (Å²) in [6.07, 6.45) is 8.47. The number of carbonyl (C=O) groups excluding carboxylic acids is 1. The minimum atomic E-state index is -0.125. The lowest BCUT2D eigenvalue weighted by molar-refractivity contribution is -0.142. The quantitative estimate of drug-likeness (QED) is 0.493. The van der Waals surface area contributed by atoms with Gasteiger partial charge in [-0.15, -0.1) is 0 Å². The van der Waals surface area contributed by atoms with Crippen molar-refractivity contribution in [3.8, 4) is 0 Å². The third-order valence-corrected chi connectivity index (χ3v) is 4.38. The molecule has 0 saturated carbocycles. The maximum Gasteiger partial charge on any atom is 0.309 e. The van der Waals surface area contributed by atoms with Crippen molar-refractivity contribution in [3.05, 3.63) is 22.8 Å². The highest BCUT2D eigenvalue weighted by Gasteiger charge is 2.27. The summed E-state index contributed by atoms with van der Waals surface area (Å²) in [6, 6.07) is 0. The molecule has 0 fully saturated rings. The maximum atomic E-state index is 11.3. The maximum absolute atomic E-state index is 11.3. The molecule has 0 aliphatic heterocycles. The van der Waals surface area contributed by atoms with Crippen molar-refractivity contribution in [1.29, 1.82) is 0 Å². The van der Waals surface area contributed by atoms with Crippen LogP contribution in [0.2, 0.25) is 0 Å². The molecule has 0 aromatic rings. The van der Waals surface area contributed by atoms with E-state index in [0.717, 1.165) is 12.8 Å². The third kappa shape index (κ3) is 5.15. The molecule has 0 saturated heterocycles. The number of rotatable bonds is 6. The Hall–Kier alpha value is -1.05. The van der Waals surface area contributed by atoms with Gasteiger partial charge >= 0.3 is 5.97 Å². The molecular weight excluding hydrogens is 248 g/mol.